The Kier molecular flexibility index (Phi) is 4.72. The molecule has 0 saturated carbocycles. The molecule has 6 heteroatoms. The van der Waals surface area contributed by atoms with Crippen molar-refractivity contribution in [3.05, 3.63) is 63.8 Å². The lowest BCUT2D eigenvalue weighted by atomic mass is 9.95. The summed E-state index contributed by atoms with van der Waals surface area (Å²) < 4.78 is 13.7. The number of thiophene rings is 1. The molecule has 25 heavy (non-hydrogen) atoms. The van der Waals surface area contributed by atoms with Gasteiger partial charge in [-0.3, -0.25) is 14.5 Å². The van der Waals surface area contributed by atoms with Crippen molar-refractivity contribution in [1.29, 1.82) is 0 Å². The summed E-state index contributed by atoms with van der Waals surface area (Å²) >= 11 is 1.38. The minimum Gasteiger partial charge on any atom is -0.503 e. The van der Waals surface area contributed by atoms with E-state index < -0.39 is 23.5 Å². The van der Waals surface area contributed by atoms with Crippen LogP contribution in [0.15, 0.2) is 53.1 Å². The van der Waals surface area contributed by atoms with Crippen LogP contribution in [0.4, 0.5) is 10.1 Å². The standard InChI is InChI=1S/C19H18FNO3S/c1-11(2)9-14(22)16-17(15-7-4-8-25-15)21(19(24)18(16)23)13-6-3-5-12(20)10-13/h3-8,10-11,17,23H,9H2,1-2H3. The van der Waals surface area contributed by atoms with E-state index in [0.29, 0.717) is 5.69 Å². The highest BCUT2D eigenvalue weighted by Crippen LogP contribution is 2.43. The number of hydrogen-bond donors (Lipinski definition) is 1. The number of aliphatic hydroxyl groups is 1. The van der Waals surface area contributed by atoms with E-state index in [-0.39, 0.29) is 23.7 Å². The maximum absolute atomic E-state index is 13.7. The normalized spacial score (nSPS) is 17.7. The summed E-state index contributed by atoms with van der Waals surface area (Å²) in [4.78, 5) is 27.4. The zero-order valence-corrected chi connectivity index (χ0v) is 14.7. The first-order valence-electron chi connectivity index (χ1n) is 7.99. The number of benzene rings is 1. The molecule has 1 atom stereocenters. The molecule has 1 N–H and O–H groups in total. The number of ketones is 1. The Morgan fingerprint density at radius 3 is 2.68 bits per heavy atom. The van der Waals surface area contributed by atoms with Crippen LogP contribution in [-0.2, 0) is 9.59 Å². The SMILES string of the molecule is CC(C)CC(=O)C1=C(O)C(=O)N(c2cccc(F)c2)C1c1cccs1. The summed E-state index contributed by atoms with van der Waals surface area (Å²) in [5, 5.41) is 12.2. The molecule has 1 unspecified atom stereocenters. The van der Waals surface area contributed by atoms with E-state index in [1.165, 1.54) is 34.4 Å². The number of aliphatic hydroxyl groups excluding tert-OH is 1. The molecule has 0 bridgehead atoms. The molecule has 130 valence electrons. The van der Waals surface area contributed by atoms with Gasteiger partial charge < -0.3 is 5.11 Å². The number of carbonyl (C=O) groups excluding carboxylic acids is 2. The number of amides is 1. The predicted molar refractivity (Wildman–Crippen MR) is 95.1 cm³/mol. The first-order chi connectivity index (χ1) is 11.9. The first-order valence-corrected chi connectivity index (χ1v) is 8.87. The van der Waals surface area contributed by atoms with E-state index in [1.807, 2.05) is 25.3 Å². The second kappa shape index (κ2) is 6.80. The fraction of sp³-hybridized carbons (Fsp3) is 0.263. The number of anilines is 1. The maximum Gasteiger partial charge on any atom is 0.294 e. The molecule has 0 spiro atoms. The lowest BCUT2D eigenvalue weighted by Crippen LogP contribution is -2.30. The highest BCUT2D eigenvalue weighted by Gasteiger charge is 2.44. The Morgan fingerprint density at radius 2 is 2.08 bits per heavy atom. The number of hydrogen-bond acceptors (Lipinski definition) is 4. The highest BCUT2D eigenvalue weighted by atomic mass is 32.1. The number of carbonyl (C=O) groups is 2. The van der Waals surface area contributed by atoms with Crippen molar-refractivity contribution in [3.63, 3.8) is 0 Å². The largest absolute Gasteiger partial charge is 0.503 e. The molecule has 2 aromatic rings. The van der Waals surface area contributed by atoms with Crippen molar-refractivity contribution in [1.82, 2.24) is 0 Å². The van der Waals surface area contributed by atoms with Crippen molar-refractivity contribution in [3.8, 4) is 0 Å². The monoisotopic (exact) mass is 359 g/mol. The van der Waals surface area contributed by atoms with Crippen LogP contribution in [0.5, 0.6) is 0 Å². The zero-order chi connectivity index (χ0) is 18.1. The van der Waals surface area contributed by atoms with Gasteiger partial charge in [0.05, 0.1) is 5.57 Å². The van der Waals surface area contributed by atoms with Gasteiger partial charge in [0.1, 0.15) is 11.9 Å². The molecule has 1 aliphatic heterocycles. The van der Waals surface area contributed by atoms with E-state index in [0.717, 1.165) is 4.88 Å². The minimum absolute atomic E-state index is 0.0883. The van der Waals surface area contributed by atoms with Crippen LogP contribution in [-0.4, -0.2) is 16.8 Å². The minimum atomic E-state index is -0.736. The van der Waals surface area contributed by atoms with Gasteiger partial charge in [-0.25, -0.2) is 4.39 Å². The Labute approximate surface area is 149 Å². The zero-order valence-electron chi connectivity index (χ0n) is 13.9. The lowest BCUT2D eigenvalue weighted by Gasteiger charge is -2.26. The van der Waals surface area contributed by atoms with Crippen molar-refractivity contribution in [2.24, 2.45) is 5.92 Å². The van der Waals surface area contributed by atoms with E-state index in [4.69, 9.17) is 0 Å². The predicted octanol–water partition coefficient (Wildman–Crippen LogP) is 4.40. The number of halogens is 1. The van der Waals surface area contributed by atoms with Gasteiger partial charge in [0, 0.05) is 17.0 Å². The number of nitrogens with zero attached hydrogens (tertiary/aromatic N) is 1. The van der Waals surface area contributed by atoms with E-state index >= 15 is 0 Å². The molecule has 1 aromatic carbocycles. The van der Waals surface area contributed by atoms with Crippen molar-refractivity contribution in [2.75, 3.05) is 4.90 Å². The summed E-state index contributed by atoms with van der Waals surface area (Å²) in [7, 11) is 0. The summed E-state index contributed by atoms with van der Waals surface area (Å²) in [5.41, 5.74) is 0.396. The second-order valence-corrected chi connectivity index (χ2v) is 7.34. The molecule has 1 amide bonds. The van der Waals surface area contributed by atoms with Gasteiger partial charge in [0.25, 0.3) is 5.91 Å². The third kappa shape index (κ3) is 3.22. The first kappa shape index (κ1) is 17.4. The van der Waals surface area contributed by atoms with Crippen molar-refractivity contribution in [2.45, 2.75) is 26.3 Å². The molecule has 0 fully saturated rings. The second-order valence-electron chi connectivity index (χ2n) is 6.36. The van der Waals surface area contributed by atoms with Crippen LogP contribution < -0.4 is 4.90 Å². The van der Waals surface area contributed by atoms with Crippen LogP contribution in [0.3, 0.4) is 0 Å². The number of rotatable bonds is 5. The Balaban J connectivity index is 2.11. The van der Waals surface area contributed by atoms with Gasteiger partial charge in [-0.15, -0.1) is 11.3 Å². The average molecular weight is 359 g/mol. The topological polar surface area (TPSA) is 57.6 Å². The van der Waals surface area contributed by atoms with Gasteiger partial charge in [0.15, 0.2) is 11.5 Å². The van der Waals surface area contributed by atoms with Crippen LogP contribution in [0, 0.1) is 11.7 Å². The Bertz CT molecular complexity index is 842. The number of Topliss-reactive ketones (excluding diaryl/α,β-unsaturated/α-hetero) is 1. The molecular weight excluding hydrogens is 341 g/mol. The Hall–Kier alpha value is -2.47. The molecule has 4 nitrogen and oxygen atoms in total. The molecule has 3 rings (SSSR count). The molecular formula is C19H18FNO3S. The summed E-state index contributed by atoms with van der Waals surface area (Å²) in [6.45, 7) is 3.80. The summed E-state index contributed by atoms with van der Waals surface area (Å²) in [5.74, 6) is -1.89. The third-order valence-electron chi connectivity index (χ3n) is 4.00. The molecule has 1 aromatic heterocycles. The van der Waals surface area contributed by atoms with Crippen molar-refractivity contribution >= 4 is 28.7 Å². The van der Waals surface area contributed by atoms with Gasteiger partial charge >= 0.3 is 0 Å². The van der Waals surface area contributed by atoms with E-state index in [1.54, 1.807) is 12.1 Å². The van der Waals surface area contributed by atoms with Crippen LogP contribution in [0.1, 0.15) is 31.2 Å². The van der Waals surface area contributed by atoms with Gasteiger partial charge in [-0.2, -0.15) is 0 Å². The Morgan fingerprint density at radius 1 is 1.32 bits per heavy atom. The summed E-state index contributed by atoms with van der Waals surface area (Å²) in [6.07, 6.45) is 0.228. The van der Waals surface area contributed by atoms with E-state index in [2.05, 4.69) is 0 Å². The molecule has 2 heterocycles. The fourth-order valence-corrected chi connectivity index (χ4v) is 3.80. The van der Waals surface area contributed by atoms with Gasteiger partial charge in [0.2, 0.25) is 0 Å². The van der Waals surface area contributed by atoms with Crippen LogP contribution in [0.2, 0.25) is 0 Å². The maximum atomic E-state index is 13.7. The molecule has 0 saturated heterocycles. The quantitative estimate of drug-likeness (QED) is 0.861. The molecule has 0 aliphatic carbocycles. The fourth-order valence-electron chi connectivity index (χ4n) is 2.98. The van der Waals surface area contributed by atoms with Gasteiger partial charge in [-0.1, -0.05) is 26.0 Å². The smallest absolute Gasteiger partial charge is 0.294 e. The highest BCUT2D eigenvalue weighted by molar-refractivity contribution is 7.10. The van der Waals surface area contributed by atoms with Crippen LogP contribution >= 0.6 is 11.3 Å². The van der Waals surface area contributed by atoms with Gasteiger partial charge in [-0.05, 0) is 35.6 Å². The average Bonchev–Trinajstić information content (AvgIpc) is 3.14. The lowest BCUT2D eigenvalue weighted by molar-refractivity contribution is -0.118. The van der Waals surface area contributed by atoms with E-state index in [9.17, 15) is 19.1 Å². The van der Waals surface area contributed by atoms with Crippen LogP contribution in [0.25, 0.3) is 0 Å². The third-order valence-corrected chi connectivity index (χ3v) is 4.93. The van der Waals surface area contributed by atoms with Crippen molar-refractivity contribution < 1.29 is 19.1 Å². The molecule has 0 radical (unpaired) electrons. The summed E-state index contributed by atoms with van der Waals surface area (Å²) in [6, 6.07) is 8.47. The molecule has 1 aliphatic rings.